The van der Waals surface area contributed by atoms with Crippen LogP contribution in [0.15, 0.2) is 42.5 Å². The highest BCUT2D eigenvalue weighted by Crippen LogP contribution is 2.29. The Labute approximate surface area is 125 Å². The predicted molar refractivity (Wildman–Crippen MR) is 84.2 cm³/mol. The van der Waals surface area contributed by atoms with E-state index in [4.69, 9.17) is 4.74 Å². The maximum atomic E-state index is 12.1. The summed E-state index contributed by atoms with van der Waals surface area (Å²) in [5.41, 5.74) is 4.26. The number of rotatable bonds is 3. The quantitative estimate of drug-likeness (QED) is 0.861. The fourth-order valence-corrected chi connectivity index (χ4v) is 2.76. The average Bonchev–Trinajstić information content (AvgIpc) is 2.51. The second kappa shape index (κ2) is 5.60. The van der Waals surface area contributed by atoms with E-state index in [-0.39, 0.29) is 5.78 Å². The maximum absolute atomic E-state index is 12.1. The van der Waals surface area contributed by atoms with Crippen LogP contribution >= 0.6 is 0 Å². The number of methoxy groups -OCH3 is 1. The Hall–Kier alpha value is -2.29. The number of hydrogen-bond donors (Lipinski definition) is 0. The largest absolute Gasteiger partial charge is 0.497 e. The average molecular weight is 281 g/mol. The summed E-state index contributed by atoms with van der Waals surface area (Å²) in [5, 5.41) is 0. The second-order valence-electron chi connectivity index (χ2n) is 5.46. The molecule has 3 heteroatoms. The van der Waals surface area contributed by atoms with Crippen LogP contribution in [0.1, 0.15) is 27.9 Å². The number of hydrogen-bond acceptors (Lipinski definition) is 3. The molecule has 0 radical (unpaired) electrons. The van der Waals surface area contributed by atoms with E-state index >= 15 is 0 Å². The topological polar surface area (TPSA) is 29.5 Å². The third kappa shape index (κ3) is 2.77. The molecule has 0 N–H and O–H groups in total. The van der Waals surface area contributed by atoms with Crippen molar-refractivity contribution in [2.45, 2.75) is 19.9 Å². The van der Waals surface area contributed by atoms with Crippen molar-refractivity contribution < 1.29 is 9.53 Å². The van der Waals surface area contributed by atoms with Gasteiger partial charge in [-0.05, 0) is 36.8 Å². The van der Waals surface area contributed by atoms with Gasteiger partial charge in [0.15, 0.2) is 5.78 Å². The van der Waals surface area contributed by atoms with E-state index in [1.54, 1.807) is 7.11 Å². The molecule has 108 valence electrons. The minimum Gasteiger partial charge on any atom is -0.497 e. The summed E-state index contributed by atoms with van der Waals surface area (Å²) in [5.74, 6) is 1.11. The van der Waals surface area contributed by atoms with Crippen molar-refractivity contribution in [2.75, 3.05) is 18.6 Å². The zero-order valence-corrected chi connectivity index (χ0v) is 12.4. The van der Waals surface area contributed by atoms with E-state index in [9.17, 15) is 4.79 Å². The van der Waals surface area contributed by atoms with E-state index in [1.807, 2.05) is 25.1 Å². The lowest BCUT2D eigenvalue weighted by atomic mass is 9.98. The SMILES string of the molecule is COc1ccc(CN2CCC(=O)c3cc(C)ccc32)cc1. The van der Waals surface area contributed by atoms with Crippen LogP contribution in [-0.4, -0.2) is 19.4 Å². The summed E-state index contributed by atoms with van der Waals surface area (Å²) >= 11 is 0. The number of carbonyl (C=O) groups excluding carboxylic acids is 1. The zero-order chi connectivity index (χ0) is 14.8. The molecule has 1 aliphatic heterocycles. The number of benzene rings is 2. The van der Waals surface area contributed by atoms with Crippen LogP contribution in [0.2, 0.25) is 0 Å². The van der Waals surface area contributed by atoms with Gasteiger partial charge < -0.3 is 9.64 Å². The summed E-state index contributed by atoms with van der Waals surface area (Å²) < 4.78 is 5.18. The molecule has 0 saturated heterocycles. The van der Waals surface area contributed by atoms with Gasteiger partial charge in [0.2, 0.25) is 0 Å². The minimum atomic E-state index is 0.250. The van der Waals surface area contributed by atoms with Gasteiger partial charge in [-0.15, -0.1) is 0 Å². The van der Waals surface area contributed by atoms with Gasteiger partial charge in [-0.25, -0.2) is 0 Å². The number of ketones is 1. The lowest BCUT2D eigenvalue weighted by Crippen LogP contribution is -2.31. The first-order valence-electron chi connectivity index (χ1n) is 7.19. The molecule has 0 atom stereocenters. The molecule has 0 fully saturated rings. The number of aryl methyl sites for hydroxylation is 1. The highest BCUT2D eigenvalue weighted by Gasteiger charge is 2.22. The number of carbonyl (C=O) groups is 1. The first-order valence-corrected chi connectivity index (χ1v) is 7.19. The van der Waals surface area contributed by atoms with Crippen molar-refractivity contribution in [1.82, 2.24) is 0 Å². The van der Waals surface area contributed by atoms with E-state index in [0.29, 0.717) is 6.42 Å². The predicted octanol–water partition coefficient (Wildman–Crippen LogP) is 3.60. The van der Waals surface area contributed by atoms with Crippen LogP contribution in [0.5, 0.6) is 5.75 Å². The number of nitrogens with zero attached hydrogens (tertiary/aromatic N) is 1. The molecule has 1 heterocycles. The number of anilines is 1. The van der Waals surface area contributed by atoms with Crippen LogP contribution in [-0.2, 0) is 6.54 Å². The third-order valence-electron chi connectivity index (χ3n) is 3.93. The Kier molecular flexibility index (Phi) is 3.65. The molecule has 0 spiro atoms. The highest BCUT2D eigenvalue weighted by molar-refractivity contribution is 6.03. The van der Waals surface area contributed by atoms with Gasteiger partial charge in [0, 0.05) is 30.8 Å². The summed E-state index contributed by atoms with van der Waals surface area (Å²) in [4.78, 5) is 14.4. The van der Waals surface area contributed by atoms with E-state index < -0.39 is 0 Å². The molecule has 3 rings (SSSR count). The molecule has 0 aromatic heterocycles. The van der Waals surface area contributed by atoms with Crippen molar-refractivity contribution in [1.29, 1.82) is 0 Å². The fourth-order valence-electron chi connectivity index (χ4n) is 2.76. The maximum Gasteiger partial charge on any atom is 0.166 e. The molecule has 3 nitrogen and oxygen atoms in total. The zero-order valence-electron chi connectivity index (χ0n) is 12.4. The smallest absolute Gasteiger partial charge is 0.166 e. The lowest BCUT2D eigenvalue weighted by Gasteiger charge is -2.31. The molecule has 1 aliphatic rings. The van der Waals surface area contributed by atoms with Gasteiger partial charge in [-0.1, -0.05) is 23.8 Å². The Morgan fingerprint density at radius 3 is 2.62 bits per heavy atom. The highest BCUT2D eigenvalue weighted by atomic mass is 16.5. The van der Waals surface area contributed by atoms with Gasteiger partial charge >= 0.3 is 0 Å². The standard InChI is InChI=1S/C18H19NO2/c1-13-3-8-17-16(11-13)18(20)9-10-19(17)12-14-4-6-15(21-2)7-5-14/h3-8,11H,9-10,12H2,1-2H3. The van der Waals surface area contributed by atoms with Gasteiger partial charge in [-0.2, -0.15) is 0 Å². The van der Waals surface area contributed by atoms with E-state index in [2.05, 4.69) is 29.2 Å². The second-order valence-corrected chi connectivity index (χ2v) is 5.46. The molecule has 2 aromatic carbocycles. The monoisotopic (exact) mass is 281 g/mol. The molecule has 0 saturated carbocycles. The van der Waals surface area contributed by atoms with Crippen LogP contribution in [0.25, 0.3) is 0 Å². The molecule has 0 aliphatic carbocycles. The molecular formula is C18H19NO2. The molecular weight excluding hydrogens is 262 g/mol. The first-order chi connectivity index (χ1) is 10.2. The first kappa shape index (κ1) is 13.7. The van der Waals surface area contributed by atoms with E-state index in [1.165, 1.54) is 5.56 Å². The third-order valence-corrected chi connectivity index (χ3v) is 3.93. The van der Waals surface area contributed by atoms with Crippen LogP contribution < -0.4 is 9.64 Å². The van der Waals surface area contributed by atoms with Crippen molar-refractivity contribution in [3.05, 3.63) is 59.2 Å². The lowest BCUT2D eigenvalue weighted by molar-refractivity contribution is 0.0979. The van der Waals surface area contributed by atoms with Gasteiger partial charge in [0.25, 0.3) is 0 Å². The van der Waals surface area contributed by atoms with Crippen LogP contribution in [0.3, 0.4) is 0 Å². The summed E-state index contributed by atoms with van der Waals surface area (Å²) in [6, 6.07) is 14.2. The van der Waals surface area contributed by atoms with Crippen molar-refractivity contribution in [2.24, 2.45) is 0 Å². The summed E-state index contributed by atoms with van der Waals surface area (Å²) in [7, 11) is 1.67. The number of fused-ring (bicyclic) bond motifs is 1. The normalized spacial score (nSPS) is 14.0. The van der Waals surface area contributed by atoms with Gasteiger partial charge in [0.1, 0.15) is 5.75 Å². The van der Waals surface area contributed by atoms with E-state index in [0.717, 1.165) is 35.7 Å². The van der Waals surface area contributed by atoms with Crippen molar-refractivity contribution in [3.63, 3.8) is 0 Å². The Bertz CT molecular complexity index is 661. The molecule has 0 amide bonds. The van der Waals surface area contributed by atoms with Gasteiger partial charge in [0.05, 0.1) is 7.11 Å². The minimum absolute atomic E-state index is 0.250. The summed E-state index contributed by atoms with van der Waals surface area (Å²) in [6.07, 6.45) is 0.590. The Balaban J connectivity index is 1.86. The fraction of sp³-hybridized carbons (Fsp3) is 0.278. The van der Waals surface area contributed by atoms with Crippen LogP contribution in [0.4, 0.5) is 5.69 Å². The summed E-state index contributed by atoms with van der Waals surface area (Å²) in [6.45, 7) is 3.62. The molecule has 21 heavy (non-hydrogen) atoms. The molecule has 0 unspecified atom stereocenters. The number of Topliss-reactive ketones (excluding diaryl/α,β-unsaturated/α-hetero) is 1. The number of ether oxygens (including phenoxy) is 1. The van der Waals surface area contributed by atoms with Crippen molar-refractivity contribution >= 4 is 11.5 Å². The van der Waals surface area contributed by atoms with Crippen LogP contribution in [0, 0.1) is 6.92 Å². The van der Waals surface area contributed by atoms with Gasteiger partial charge in [-0.3, -0.25) is 4.79 Å². The Morgan fingerprint density at radius 1 is 1.14 bits per heavy atom. The molecule has 0 bridgehead atoms. The Morgan fingerprint density at radius 2 is 1.90 bits per heavy atom. The van der Waals surface area contributed by atoms with Crippen molar-refractivity contribution in [3.8, 4) is 5.75 Å². The molecule has 2 aromatic rings.